The van der Waals surface area contributed by atoms with Crippen LogP contribution < -0.4 is 10.1 Å². The number of ether oxygens (including phenoxy) is 3. The van der Waals surface area contributed by atoms with Crippen molar-refractivity contribution in [3.63, 3.8) is 0 Å². The SMILES string of the molecule is COc1cccc(/C=C/C(=O)OCC(=O)Nc2cc(S(=O)(=O)N3CCOCC3)ccc2Cl)c1. The summed E-state index contributed by atoms with van der Waals surface area (Å²) in [7, 11) is -2.22. The summed E-state index contributed by atoms with van der Waals surface area (Å²) in [5, 5.41) is 2.62. The summed E-state index contributed by atoms with van der Waals surface area (Å²) in [5.41, 5.74) is 0.819. The molecule has 0 radical (unpaired) electrons. The smallest absolute Gasteiger partial charge is 0.331 e. The van der Waals surface area contributed by atoms with Crippen LogP contribution >= 0.6 is 11.6 Å². The van der Waals surface area contributed by atoms with E-state index in [0.717, 1.165) is 5.56 Å². The lowest BCUT2D eigenvalue weighted by Crippen LogP contribution is -2.40. The summed E-state index contributed by atoms with van der Waals surface area (Å²) in [6.07, 6.45) is 2.71. The monoisotopic (exact) mass is 494 g/mol. The van der Waals surface area contributed by atoms with Gasteiger partial charge < -0.3 is 19.5 Å². The topological polar surface area (TPSA) is 111 Å². The predicted octanol–water partition coefficient (Wildman–Crippen LogP) is 2.56. The van der Waals surface area contributed by atoms with Crippen molar-refractivity contribution in [3.05, 3.63) is 59.1 Å². The van der Waals surface area contributed by atoms with Crippen molar-refractivity contribution in [1.82, 2.24) is 4.31 Å². The number of carbonyl (C=O) groups excluding carboxylic acids is 2. The molecule has 2 aromatic rings. The van der Waals surface area contributed by atoms with Crippen molar-refractivity contribution in [2.45, 2.75) is 4.90 Å². The lowest BCUT2D eigenvalue weighted by Gasteiger charge is -2.26. The van der Waals surface area contributed by atoms with Gasteiger partial charge in [0.25, 0.3) is 5.91 Å². The Hall–Kier alpha value is -2.92. The van der Waals surface area contributed by atoms with E-state index in [1.54, 1.807) is 24.3 Å². The number of halogens is 1. The fraction of sp³-hybridized carbons (Fsp3) is 0.273. The summed E-state index contributed by atoms with van der Waals surface area (Å²) in [6, 6.07) is 11.1. The number of amides is 1. The molecule has 1 saturated heterocycles. The molecule has 0 saturated carbocycles. The molecule has 0 unspecified atom stereocenters. The number of sulfonamides is 1. The van der Waals surface area contributed by atoms with Gasteiger partial charge in [-0.2, -0.15) is 4.31 Å². The first-order valence-corrected chi connectivity index (χ1v) is 11.8. The first kappa shape index (κ1) is 24.7. The third kappa shape index (κ3) is 6.78. The molecule has 33 heavy (non-hydrogen) atoms. The Kier molecular flexibility index (Phi) is 8.45. The zero-order valence-corrected chi connectivity index (χ0v) is 19.4. The molecule has 1 heterocycles. The van der Waals surface area contributed by atoms with Crippen LogP contribution in [0.4, 0.5) is 5.69 Å². The van der Waals surface area contributed by atoms with Crippen LogP contribution in [0.1, 0.15) is 5.56 Å². The quantitative estimate of drug-likeness (QED) is 0.443. The van der Waals surface area contributed by atoms with Gasteiger partial charge in [0.05, 0.1) is 35.9 Å². The predicted molar refractivity (Wildman–Crippen MR) is 123 cm³/mol. The van der Waals surface area contributed by atoms with Gasteiger partial charge in [0.2, 0.25) is 10.0 Å². The summed E-state index contributed by atoms with van der Waals surface area (Å²) in [4.78, 5) is 24.1. The fourth-order valence-electron chi connectivity index (χ4n) is 2.98. The van der Waals surface area contributed by atoms with Crippen molar-refractivity contribution in [3.8, 4) is 5.75 Å². The van der Waals surface area contributed by atoms with E-state index in [4.69, 9.17) is 25.8 Å². The van der Waals surface area contributed by atoms with Gasteiger partial charge in [0.15, 0.2) is 6.61 Å². The Morgan fingerprint density at radius 2 is 1.94 bits per heavy atom. The minimum absolute atomic E-state index is 0.0117. The number of carbonyl (C=O) groups is 2. The number of methoxy groups -OCH3 is 1. The second-order valence-corrected chi connectivity index (χ2v) is 9.27. The first-order valence-electron chi connectivity index (χ1n) is 9.96. The third-order valence-electron chi connectivity index (χ3n) is 4.67. The summed E-state index contributed by atoms with van der Waals surface area (Å²) in [5.74, 6) is -0.747. The third-order valence-corrected chi connectivity index (χ3v) is 6.90. The molecule has 0 atom stereocenters. The largest absolute Gasteiger partial charge is 0.497 e. The molecule has 0 bridgehead atoms. The molecule has 0 aromatic heterocycles. The van der Waals surface area contributed by atoms with Crippen molar-refractivity contribution in [1.29, 1.82) is 0 Å². The average molecular weight is 495 g/mol. The molecule has 0 spiro atoms. The number of anilines is 1. The highest BCUT2D eigenvalue weighted by Gasteiger charge is 2.27. The zero-order valence-electron chi connectivity index (χ0n) is 17.8. The first-order chi connectivity index (χ1) is 15.8. The van der Waals surface area contributed by atoms with Gasteiger partial charge in [-0.1, -0.05) is 23.7 Å². The number of rotatable bonds is 8. The highest BCUT2D eigenvalue weighted by Crippen LogP contribution is 2.27. The van der Waals surface area contributed by atoms with Crippen LogP contribution in [0.15, 0.2) is 53.4 Å². The maximum Gasteiger partial charge on any atom is 0.331 e. The second kappa shape index (κ2) is 11.3. The van der Waals surface area contributed by atoms with E-state index in [1.165, 1.54) is 41.8 Å². The molecule has 1 aliphatic rings. The van der Waals surface area contributed by atoms with E-state index in [-0.39, 0.29) is 28.7 Å². The zero-order chi connectivity index (χ0) is 23.8. The fourth-order valence-corrected chi connectivity index (χ4v) is 4.58. The number of hydrogen-bond acceptors (Lipinski definition) is 7. The standard InChI is InChI=1S/C22H23ClN2O7S/c1-30-17-4-2-3-16(13-17)5-8-22(27)32-15-21(26)24-20-14-18(6-7-19(20)23)33(28,29)25-9-11-31-12-10-25/h2-8,13-14H,9-12,15H2,1H3,(H,24,26)/b8-5+. The van der Waals surface area contributed by atoms with E-state index in [2.05, 4.69) is 5.32 Å². The van der Waals surface area contributed by atoms with Gasteiger partial charge in [0, 0.05) is 19.2 Å². The van der Waals surface area contributed by atoms with Crippen LogP contribution in [-0.4, -0.2) is 64.6 Å². The van der Waals surface area contributed by atoms with Gasteiger partial charge in [-0.25, -0.2) is 13.2 Å². The molecule has 2 aromatic carbocycles. The van der Waals surface area contributed by atoms with Crippen LogP contribution in [-0.2, 0) is 29.1 Å². The summed E-state index contributed by atoms with van der Waals surface area (Å²) >= 11 is 6.11. The number of morpholine rings is 1. The Morgan fingerprint density at radius 1 is 1.18 bits per heavy atom. The Morgan fingerprint density at radius 3 is 2.67 bits per heavy atom. The Bertz CT molecular complexity index is 1150. The molecule has 1 aliphatic heterocycles. The van der Waals surface area contributed by atoms with E-state index >= 15 is 0 Å². The van der Waals surface area contributed by atoms with Crippen LogP contribution in [0.2, 0.25) is 5.02 Å². The maximum atomic E-state index is 12.8. The maximum absolute atomic E-state index is 12.8. The van der Waals surface area contributed by atoms with Gasteiger partial charge >= 0.3 is 5.97 Å². The number of nitrogens with zero attached hydrogens (tertiary/aromatic N) is 1. The van der Waals surface area contributed by atoms with Gasteiger partial charge in [-0.3, -0.25) is 4.79 Å². The molecular weight excluding hydrogens is 472 g/mol. The highest BCUT2D eigenvalue weighted by molar-refractivity contribution is 7.89. The average Bonchev–Trinajstić information content (AvgIpc) is 2.83. The molecule has 1 N–H and O–H groups in total. The van der Waals surface area contributed by atoms with Crippen LogP contribution in [0.25, 0.3) is 6.08 Å². The van der Waals surface area contributed by atoms with E-state index in [9.17, 15) is 18.0 Å². The summed E-state index contributed by atoms with van der Waals surface area (Å²) < 4.78 is 42.2. The number of benzene rings is 2. The normalized spacial score (nSPS) is 14.7. The van der Waals surface area contributed by atoms with E-state index in [1.807, 2.05) is 0 Å². The van der Waals surface area contributed by atoms with Gasteiger partial charge in [0.1, 0.15) is 5.75 Å². The molecule has 9 nitrogen and oxygen atoms in total. The Labute approximate surface area is 196 Å². The van der Waals surface area contributed by atoms with Crippen molar-refractivity contribution >= 4 is 45.3 Å². The molecular formula is C22H23ClN2O7S. The minimum Gasteiger partial charge on any atom is -0.497 e. The van der Waals surface area contributed by atoms with Crippen LogP contribution in [0.3, 0.4) is 0 Å². The molecule has 11 heteroatoms. The van der Waals surface area contributed by atoms with Gasteiger partial charge in [-0.15, -0.1) is 0 Å². The lowest BCUT2D eigenvalue weighted by atomic mass is 10.2. The highest BCUT2D eigenvalue weighted by atomic mass is 35.5. The molecule has 176 valence electrons. The second-order valence-electron chi connectivity index (χ2n) is 6.92. The number of hydrogen-bond donors (Lipinski definition) is 1. The van der Waals surface area contributed by atoms with Crippen molar-refractivity contribution in [2.24, 2.45) is 0 Å². The van der Waals surface area contributed by atoms with Crippen molar-refractivity contribution in [2.75, 3.05) is 45.3 Å². The Balaban J connectivity index is 1.59. The number of esters is 1. The van der Waals surface area contributed by atoms with Crippen molar-refractivity contribution < 1.29 is 32.2 Å². The molecule has 1 fully saturated rings. The number of nitrogens with one attached hydrogen (secondary N) is 1. The molecule has 3 rings (SSSR count). The van der Waals surface area contributed by atoms with E-state index < -0.39 is 28.5 Å². The van der Waals surface area contributed by atoms with Crippen LogP contribution in [0, 0.1) is 0 Å². The summed E-state index contributed by atoms with van der Waals surface area (Å²) in [6.45, 7) is 0.540. The molecule has 1 amide bonds. The minimum atomic E-state index is -3.76. The lowest BCUT2D eigenvalue weighted by molar-refractivity contribution is -0.142. The van der Waals surface area contributed by atoms with E-state index in [0.29, 0.717) is 19.0 Å². The molecule has 0 aliphatic carbocycles. The van der Waals surface area contributed by atoms with Crippen LogP contribution in [0.5, 0.6) is 5.75 Å². The van der Waals surface area contributed by atoms with Gasteiger partial charge in [-0.05, 0) is 42.0 Å².